The molecule has 2 fully saturated rings. The van der Waals surface area contributed by atoms with Gasteiger partial charge in [0.1, 0.15) is 11.4 Å². The number of carbonyl (C=O) groups is 2. The number of piperidine rings is 1. The van der Waals surface area contributed by atoms with Crippen molar-refractivity contribution in [2.24, 2.45) is 5.92 Å². The molecule has 1 aromatic heterocycles. The summed E-state index contributed by atoms with van der Waals surface area (Å²) in [5, 5.41) is 7.39. The Bertz CT molecular complexity index is 1130. The lowest BCUT2D eigenvalue weighted by atomic mass is 9.85. The first-order valence-corrected chi connectivity index (χ1v) is 14.5. The molecule has 0 radical (unpaired) electrons. The fourth-order valence-corrected chi connectivity index (χ4v) is 6.09. The molecule has 1 saturated heterocycles. The number of nitrogens with one attached hydrogen (secondary N) is 1. The normalized spacial score (nSPS) is 21.7. The third-order valence-corrected chi connectivity index (χ3v) is 8.30. The van der Waals surface area contributed by atoms with Crippen molar-refractivity contribution in [2.45, 2.75) is 96.0 Å². The number of halogens is 3. The number of benzene rings is 1. The van der Waals surface area contributed by atoms with E-state index in [0.29, 0.717) is 17.7 Å². The van der Waals surface area contributed by atoms with E-state index < -0.39 is 11.7 Å². The number of nitrogens with zero attached hydrogens (tertiary/aromatic N) is 3. The van der Waals surface area contributed by atoms with Gasteiger partial charge in [-0.25, -0.2) is 0 Å². The molecule has 2 heterocycles. The van der Waals surface area contributed by atoms with Gasteiger partial charge < -0.3 is 15.0 Å². The number of hydrogen-bond donors (Lipinski definition) is 1. The minimum absolute atomic E-state index is 0.0723. The Morgan fingerprint density at radius 3 is 2.45 bits per heavy atom. The van der Waals surface area contributed by atoms with Crippen LogP contribution in [-0.2, 0) is 30.4 Å². The SMILES string of the molecule is CC(=O)NC1CCN(C)CC1.O=Cc1nn(CCC2CCC(Oc3ccccc3C(F)(F)F)CC2)c2c1CCC2. The molecule has 0 spiro atoms. The Kier molecular flexibility index (Phi) is 10.3. The molecule has 220 valence electrons. The van der Waals surface area contributed by atoms with Gasteiger partial charge in [0, 0.05) is 30.8 Å². The molecule has 0 bridgehead atoms. The largest absolute Gasteiger partial charge is 0.490 e. The fraction of sp³-hybridized carbons (Fsp3) is 0.633. The molecular formula is C30H41F3N4O3. The van der Waals surface area contributed by atoms with Crippen LogP contribution in [0.15, 0.2) is 24.3 Å². The maximum atomic E-state index is 13.1. The molecule has 0 unspecified atom stereocenters. The van der Waals surface area contributed by atoms with Crippen molar-refractivity contribution in [1.82, 2.24) is 20.0 Å². The third-order valence-electron chi connectivity index (χ3n) is 8.30. The van der Waals surface area contributed by atoms with E-state index in [1.165, 1.54) is 17.8 Å². The topological polar surface area (TPSA) is 76.5 Å². The number of aldehydes is 1. The monoisotopic (exact) mass is 562 g/mol. The molecular weight excluding hydrogens is 521 g/mol. The zero-order valence-corrected chi connectivity index (χ0v) is 23.5. The smallest absolute Gasteiger partial charge is 0.419 e. The van der Waals surface area contributed by atoms with Crippen LogP contribution in [-0.4, -0.2) is 59.2 Å². The lowest BCUT2D eigenvalue weighted by Gasteiger charge is -2.30. The molecule has 5 rings (SSSR count). The summed E-state index contributed by atoms with van der Waals surface area (Å²) in [4.78, 5) is 24.2. The molecule has 7 nitrogen and oxygen atoms in total. The summed E-state index contributed by atoms with van der Waals surface area (Å²) in [5.41, 5.74) is 2.19. The Balaban J connectivity index is 0.000000283. The number of carbonyl (C=O) groups excluding carboxylic acids is 2. The van der Waals surface area contributed by atoms with E-state index in [0.717, 1.165) is 102 Å². The molecule has 1 aromatic carbocycles. The van der Waals surface area contributed by atoms with Crippen LogP contribution in [0.4, 0.5) is 13.2 Å². The molecule has 10 heteroatoms. The van der Waals surface area contributed by atoms with Gasteiger partial charge in [-0.1, -0.05) is 12.1 Å². The number of ether oxygens (including phenoxy) is 1. The van der Waals surface area contributed by atoms with E-state index in [1.54, 1.807) is 13.0 Å². The number of hydrogen-bond acceptors (Lipinski definition) is 5. The highest BCUT2D eigenvalue weighted by Crippen LogP contribution is 2.38. The molecule has 0 atom stereocenters. The van der Waals surface area contributed by atoms with Crippen LogP contribution in [0.25, 0.3) is 0 Å². The Labute approximate surface area is 234 Å². The summed E-state index contributed by atoms with van der Waals surface area (Å²) in [6, 6.07) is 5.85. The predicted molar refractivity (Wildman–Crippen MR) is 146 cm³/mol. The molecule has 1 N–H and O–H groups in total. The number of aromatic nitrogens is 2. The van der Waals surface area contributed by atoms with E-state index >= 15 is 0 Å². The first-order chi connectivity index (χ1) is 19.1. The molecule has 3 aliphatic rings. The van der Waals surface area contributed by atoms with Gasteiger partial charge in [-0.2, -0.15) is 18.3 Å². The summed E-state index contributed by atoms with van der Waals surface area (Å²) < 4.78 is 47.1. The number of likely N-dealkylation sites (tertiary alicyclic amines) is 1. The molecule has 2 aromatic rings. The number of alkyl halides is 3. The Morgan fingerprint density at radius 2 is 1.80 bits per heavy atom. The van der Waals surface area contributed by atoms with Gasteiger partial charge >= 0.3 is 6.18 Å². The van der Waals surface area contributed by atoms with E-state index in [4.69, 9.17) is 4.74 Å². The van der Waals surface area contributed by atoms with Crippen molar-refractivity contribution in [1.29, 1.82) is 0 Å². The number of aryl methyl sites for hydroxylation is 1. The Morgan fingerprint density at radius 1 is 1.10 bits per heavy atom. The fourth-order valence-electron chi connectivity index (χ4n) is 6.09. The van der Waals surface area contributed by atoms with Crippen LogP contribution in [0.5, 0.6) is 5.75 Å². The van der Waals surface area contributed by atoms with Crippen molar-refractivity contribution >= 4 is 12.2 Å². The quantitative estimate of drug-likeness (QED) is 0.455. The van der Waals surface area contributed by atoms with E-state index in [9.17, 15) is 22.8 Å². The molecule has 1 amide bonds. The second-order valence-corrected chi connectivity index (χ2v) is 11.3. The molecule has 2 aliphatic carbocycles. The van der Waals surface area contributed by atoms with Crippen LogP contribution >= 0.6 is 0 Å². The van der Waals surface area contributed by atoms with E-state index in [1.807, 2.05) is 4.68 Å². The van der Waals surface area contributed by atoms with Gasteiger partial charge in [-0.15, -0.1) is 0 Å². The van der Waals surface area contributed by atoms with Crippen molar-refractivity contribution in [3.63, 3.8) is 0 Å². The minimum Gasteiger partial charge on any atom is -0.490 e. The van der Waals surface area contributed by atoms with Gasteiger partial charge in [-0.05, 0) is 102 Å². The van der Waals surface area contributed by atoms with Crippen LogP contribution in [0, 0.1) is 5.92 Å². The van der Waals surface area contributed by atoms with Crippen LogP contribution < -0.4 is 10.1 Å². The van der Waals surface area contributed by atoms with Crippen LogP contribution in [0.2, 0.25) is 0 Å². The zero-order valence-electron chi connectivity index (χ0n) is 23.5. The third kappa shape index (κ3) is 8.08. The lowest BCUT2D eigenvalue weighted by molar-refractivity contribution is -0.139. The number of fused-ring (bicyclic) bond motifs is 1. The van der Waals surface area contributed by atoms with Crippen molar-refractivity contribution in [3.05, 3.63) is 46.8 Å². The van der Waals surface area contributed by atoms with Crippen molar-refractivity contribution < 1.29 is 27.5 Å². The average molecular weight is 563 g/mol. The van der Waals surface area contributed by atoms with E-state index in [-0.39, 0.29) is 17.8 Å². The van der Waals surface area contributed by atoms with Crippen molar-refractivity contribution in [2.75, 3.05) is 20.1 Å². The number of amides is 1. The summed E-state index contributed by atoms with van der Waals surface area (Å²) in [6.07, 6.45) is 5.80. The van der Waals surface area contributed by atoms with Gasteiger partial charge in [0.25, 0.3) is 0 Å². The minimum atomic E-state index is -4.40. The molecule has 1 aliphatic heterocycles. The highest BCUT2D eigenvalue weighted by atomic mass is 19.4. The first-order valence-electron chi connectivity index (χ1n) is 14.5. The van der Waals surface area contributed by atoms with Crippen molar-refractivity contribution in [3.8, 4) is 5.75 Å². The lowest BCUT2D eigenvalue weighted by Crippen LogP contribution is -2.42. The molecule has 40 heavy (non-hydrogen) atoms. The highest BCUT2D eigenvalue weighted by molar-refractivity contribution is 5.75. The second-order valence-electron chi connectivity index (χ2n) is 11.3. The van der Waals surface area contributed by atoms with Gasteiger partial charge in [-0.3, -0.25) is 14.3 Å². The van der Waals surface area contributed by atoms with Gasteiger partial charge in [0.15, 0.2) is 6.29 Å². The highest BCUT2D eigenvalue weighted by Gasteiger charge is 2.35. The van der Waals surface area contributed by atoms with E-state index in [2.05, 4.69) is 22.4 Å². The van der Waals surface area contributed by atoms with Gasteiger partial charge in [0.05, 0.1) is 11.7 Å². The Hall–Kier alpha value is -2.88. The second kappa shape index (κ2) is 13.7. The standard InChI is InChI=1S/C22H25F3N2O2.C8H16N2O/c23-22(24,25)18-5-1-2-7-21(18)29-16-10-8-15(9-11-16)12-13-27-20-6-3-4-17(20)19(14-28)26-27;1-7(11)9-8-3-5-10(2)6-4-8/h1-2,5,7,14-16H,3-4,6,8-13H2;8H,3-6H2,1-2H3,(H,9,11). The summed E-state index contributed by atoms with van der Waals surface area (Å²) in [6.45, 7) is 4.58. The van der Waals surface area contributed by atoms with Crippen LogP contribution in [0.3, 0.4) is 0 Å². The average Bonchev–Trinajstić information content (AvgIpc) is 3.53. The number of rotatable bonds is 7. The first kappa shape index (κ1) is 30.1. The zero-order chi connectivity index (χ0) is 28.7. The number of para-hydroxylation sites is 1. The van der Waals surface area contributed by atoms with Crippen LogP contribution in [0.1, 0.15) is 85.6 Å². The summed E-state index contributed by atoms with van der Waals surface area (Å²) >= 11 is 0. The van der Waals surface area contributed by atoms with Gasteiger partial charge in [0.2, 0.25) is 5.91 Å². The molecule has 1 saturated carbocycles. The summed E-state index contributed by atoms with van der Waals surface area (Å²) in [5.74, 6) is 0.533. The predicted octanol–water partition coefficient (Wildman–Crippen LogP) is 5.45. The maximum absolute atomic E-state index is 13.1. The maximum Gasteiger partial charge on any atom is 0.419 e. The summed E-state index contributed by atoms with van der Waals surface area (Å²) in [7, 11) is 2.12.